The van der Waals surface area contributed by atoms with Gasteiger partial charge >= 0.3 is 12.2 Å². The fraction of sp³-hybridized carbons (Fsp3) is 0.723. The van der Waals surface area contributed by atoms with Gasteiger partial charge in [0, 0.05) is 44.2 Å². The fourth-order valence-corrected chi connectivity index (χ4v) is 9.56. The highest BCUT2D eigenvalue weighted by Crippen LogP contribution is 2.62. The Balaban J connectivity index is 1.77. The molecule has 0 saturated heterocycles. The van der Waals surface area contributed by atoms with Gasteiger partial charge in [-0.1, -0.05) is 102 Å². The highest BCUT2D eigenvalue weighted by atomic mass is 16.7. The summed E-state index contributed by atoms with van der Waals surface area (Å²) in [5.41, 5.74) is 2.54. The first-order valence-electron chi connectivity index (χ1n) is 22.8. The number of nitrogens with one attached hydrogen (secondary N) is 1. The number of aliphatic hydroxyl groups excluding tert-OH is 2. The average Bonchev–Trinajstić information content (AvgIpc) is 3.23. The van der Waals surface area contributed by atoms with Gasteiger partial charge in [-0.05, 0) is 81.1 Å². The Morgan fingerprint density at radius 3 is 2.29 bits per heavy atom. The van der Waals surface area contributed by atoms with Crippen molar-refractivity contribution < 1.29 is 43.6 Å². The predicted molar refractivity (Wildman–Crippen MR) is 232 cm³/mol. The first-order chi connectivity index (χ1) is 28.8. The highest BCUT2D eigenvalue weighted by Gasteiger charge is 2.65. The number of carbonyl (C=O) groups excluding carboxylic acids is 2. The van der Waals surface area contributed by atoms with Crippen molar-refractivity contribution in [2.45, 2.75) is 154 Å². The maximum absolute atomic E-state index is 14.4. The molecule has 1 saturated carbocycles. The number of nitrogens with zero attached hydrogens (tertiary/aromatic N) is 2. The summed E-state index contributed by atoms with van der Waals surface area (Å²) in [7, 11) is 1.54. The van der Waals surface area contributed by atoms with E-state index in [0.717, 1.165) is 61.8 Å². The summed E-state index contributed by atoms with van der Waals surface area (Å²) in [6.07, 6.45) is 20.5. The normalized spacial score (nSPS) is 23.7. The van der Waals surface area contributed by atoms with Crippen molar-refractivity contribution in [2.24, 2.45) is 22.9 Å². The third-order valence-electron chi connectivity index (χ3n) is 12.2. The minimum absolute atomic E-state index is 0.0496. The number of unbranched alkanes of at least 4 members (excludes halogenated alkanes) is 11. The van der Waals surface area contributed by atoms with Gasteiger partial charge in [0.15, 0.2) is 0 Å². The summed E-state index contributed by atoms with van der Waals surface area (Å²) >= 11 is 0. The molecule has 1 heterocycles. The largest absolute Gasteiger partial charge is 0.459 e. The van der Waals surface area contributed by atoms with Crippen LogP contribution in [-0.4, -0.2) is 91.5 Å². The fourth-order valence-electron chi connectivity index (χ4n) is 9.56. The van der Waals surface area contributed by atoms with E-state index in [9.17, 15) is 19.8 Å². The van der Waals surface area contributed by atoms with Crippen LogP contribution in [0.1, 0.15) is 148 Å². The summed E-state index contributed by atoms with van der Waals surface area (Å²) in [6, 6.07) is 4.83. The molecule has 0 aromatic heterocycles. The number of allylic oxidation sites excluding steroid dienone is 1. The van der Waals surface area contributed by atoms with Gasteiger partial charge in [0.25, 0.3) is 0 Å². The van der Waals surface area contributed by atoms with Gasteiger partial charge in [0.05, 0.1) is 24.8 Å². The molecule has 0 unspecified atom stereocenters. The molecule has 2 aliphatic carbocycles. The van der Waals surface area contributed by atoms with Crippen molar-refractivity contribution in [1.29, 1.82) is 0 Å². The first kappa shape index (κ1) is 48.1. The number of benzene rings is 1. The summed E-state index contributed by atoms with van der Waals surface area (Å²) < 4.78 is 26.0. The average molecular weight is 826 g/mol. The second kappa shape index (κ2) is 25.9. The lowest BCUT2D eigenvalue weighted by atomic mass is 9.55. The zero-order valence-corrected chi connectivity index (χ0v) is 36.6. The topological polar surface area (TPSA) is 148 Å². The molecular formula is C47H75N3O9. The summed E-state index contributed by atoms with van der Waals surface area (Å²) in [4.78, 5) is 34.3. The quantitative estimate of drug-likeness (QED) is 0.0427. The van der Waals surface area contributed by atoms with Crippen LogP contribution in [0.5, 0.6) is 11.5 Å². The monoisotopic (exact) mass is 826 g/mol. The van der Waals surface area contributed by atoms with Crippen LogP contribution in [0.4, 0.5) is 9.59 Å². The Morgan fingerprint density at radius 1 is 0.949 bits per heavy atom. The third-order valence-corrected chi connectivity index (χ3v) is 12.2. The maximum Gasteiger partial charge on any atom is 0.412 e. The van der Waals surface area contributed by atoms with Gasteiger partial charge in [-0.2, -0.15) is 0 Å². The summed E-state index contributed by atoms with van der Waals surface area (Å²) in [5.74, 6) is -0.935. The van der Waals surface area contributed by atoms with Gasteiger partial charge in [-0.3, -0.25) is 4.90 Å². The number of amides is 2. The van der Waals surface area contributed by atoms with E-state index in [0.29, 0.717) is 56.9 Å². The first-order valence-corrected chi connectivity index (χ1v) is 22.8. The number of hydrogen-bond acceptors (Lipinski definition) is 10. The van der Waals surface area contributed by atoms with E-state index < -0.39 is 29.9 Å². The van der Waals surface area contributed by atoms with Gasteiger partial charge < -0.3 is 39.3 Å². The molecule has 12 heteroatoms. The number of ether oxygens (including phenoxy) is 4. The smallest absolute Gasteiger partial charge is 0.412 e. The lowest BCUT2D eigenvalue weighted by Gasteiger charge is -2.59. The molecule has 1 aliphatic heterocycles. The number of fused-ring (bicyclic) bond motifs is 2. The zero-order chi connectivity index (χ0) is 42.5. The van der Waals surface area contributed by atoms with Crippen LogP contribution in [0.3, 0.4) is 0 Å². The molecule has 2 amide bonds. The molecule has 1 aromatic rings. The van der Waals surface area contributed by atoms with Crippen molar-refractivity contribution in [3.05, 3.63) is 48.1 Å². The van der Waals surface area contributed by atoms with Crippen molar-refractivity contribution in [2.75, 3.05) is 46.6 Å². The van der Waals surface area contributed by atoms with E-state index in [-0.39, 0.29) is 37.6 Å². The molecule has 0 spiro atoms. The van der Waals surface area contributed by atoms with E-state index in [1.54, 1.807) is 17.0 Å². The molecule has 12 nitrogen and oxygen atoms in total. The molecule has 3 N–H and O–H groups in total. The lowest BCUT2D eigenvalue weighted by Crippen LogP contribution is -2.70. The SMILES string of the molecule is C=CCO[C@@]12Oc3ccc(OC(=O)NCC)cc3[C@H]3[C@H](CCCCO)[C@@H](CCCCO)C=C(C(=NOC)C[C@@H]1N(CCC)C(=O)OCCCCCCCCCCCC)[C@H]32. The van der Waals surface area contributed by atoms with Crippen molar-refractivity contribution in [3.63, 3.8) is 0 Å². The van der Waals surface area contributed by atoms with Crippen LogP contribution in [0.2, 0.25) is 0 Å². The third kappa shape index (κ3) is 12.9. The van der Waals surface area contributed by atoms with Gasteiger partial charge in [-0.25, -0.2) is 9.59 Å². The molecule has 6 atom stereocenters. The Labute approximate surface area is 354 Å². The lowest BCUT2D eigenvalue weighted by molar-refractivity contribution is -0.255. The molecule has 0 bridgehead atoms. The van der Waals surface area contributed by atoms with Gasteiger partial charge in [-0.15, -0.1) is 6.58 Å². The Bertz CT molecular complexity index is 1500. The molecule has 332 valence electrons. The van der Waals surface area contributed by atoms with Crippen molar-refractivity contribution >= 4 is 17.9 Å². The molecular weight excluding hydrogens is 751 g/mol. The van der Waals surface area contributed by atoms with E-state index in [1.807, 2.05) is 26.0 Å². The van der Waals surface area contributed by atoms with Gasteiger partial charge in [0.2, 0.25) is 5.79 Å². The molecule has 3 aliphatic rings. The standard InChI is InChI=1S/C47H75N3O9/c1-6-10-11-12-13-14-15-16-17-22-31-56-46(54)50(27-7-2)42-34-40(49-55-5)38-32-35(23-18-20-28-51)37(24-19-21-29-52)43-39-33-36(58-45(53)48-9-4)25-26-41(39)59-47(42,44(38)43)57-30-8-3/h8,25-26,32-33,35,37,42-44,51-52H,3,6-7,9-24,27-31,34H2,1-2,4-5H3,(H,48,53)/t35-,37+,42-,43+,44+,47+/m0/s1. The number of carbonyl (C=O) groups is 2. The molecule has 1 fully saturated rings. The van der Waals surface area contributed by atoms with E-state index in [1.165, 1.54) is 52.1 Å². The van der Waals surface area contributed by atoms with Crippen LogP contribution in [0.15, 0.2) is 47.7 Å². The highest BCUT2D eigenvalue weighted by molar-refractivity contribution is 6.03. The van der Waals surface area contributed by atoms with Gasteiger partial charge in [0.1, 0.15) is 24.7 Å². The van der Waals surface area contributed by atoms with Crippen molar-refractivity contribution in [1.82, 2.24) is 10.2 Å². The van der Waals surface area contributed by atoms with Crippen LogP contribution >= 0.6 is 0 Å². The van der Waals surface area contributed by atoms with Crippen LogP contribution in [-0.2, 0) is 14.3 Å². The molecule has 4 rings (SSSR count). The van der Waals surface area contributed by atoms with E-state index in [4.69, 9.17) is 23.8 Å². The van der Waals surface area contributed by atoms with E-state index in [2.05, 4.69) is 30.1 Å². The second-order valence-electron chi connectivity index (χ2n) is 16.4. The Hall–Kier alpha value is -3.61. The molecule has 59 heavy (non-hydrogen) atoms. The predicted octanol–water partition coefficient (Wildman–Crippen LogP) is 9.83. The van der Waals surface area contributed by atoms with Crippen LogP contribution in [0.25, 0.3) is 0 Å². The zero-order valence-electron chi connectivity index (χ0n) is 36.6. The van der Waals surface area contributed by atoms with Crippen LogP contribution < -0.4 is 14.8 Å². The Kier molecular flexibility index (Phi) is 21.1. The molecule has 1 aromatic carbocycles. The van der Waals surface area contributed by atoms with E-state index >= 15 is 0 Å². The number of rotatable bonds is 28. The minimum Gasteiger partial charge on any atom is -0.459 e. The summed E-state index contributed by atoms with van der Waals surface area (Å²) in [6.45, 7) is 11.7. The van der Waals surface area contributed by atoms with Crippen molar-refractivity contribution in [3.8, 4) is 11.5 Å². The number of hydrogen-bond donors (Lipinski definition) is 3. The maximum atomic E-state index is 14.4. The second-order valence-corrected chi connectivity index (χ2v) is 16.4. The minimum atomic E-state index is -1.37. The number of oxime groups is 1. The number of aliphatic hydroxyl groups is 2. The Morgan fingerprint density at radius 2 is 1.64 bits per heavy atom. The van der Waals surface area contributed by atoms with Crippen LogP contribution in [0, 0.1) is 17.8 Å². The molecule has 0 radical (unpaired) electrons. The summed E-state index contributed by atoms with van der Waals surface area (Å²) in [5, 5.41) is 27.0.